The highest BCUT2D eigenvalue weighted by Crippen LogP contribution is 2.19. The molecule has 5 heteroatoms. The molecule has 2 aromatic rings. The lowest BCUT2D eigenvalue weighted by Gasteiger charge is -2.09. The third-order valence-corrected chi connectivity index (χ3v) is 2.98. The van der Waals surface area contributed by atoms with Gasteiger partial charge in [0.25, 0.3) is 5.91 Å². The van der Waals surface area contributed by atoms with E-state index in [4.69, 9.17) is 4.74 Å². The number of benzene rings is 2. The number of rotatable bonds is 5. The van der Waals surface area contributed by atoms with Crippen LogP contribution >= 0.6 is 0 Å². The molecule has 0 radical (unpaired) electrons. The Hall–Kier alpha value is -2.40. The monoisotopic (exact) mass is 288 g/mol. The summed E-state index contributed by atoms with van der Waals surface area (Å²) in [6.45, 7) is 0.716. The van der Waals surface area contributed by atoms with E-state index < -0.39 is 5.82 Å². The van der Waals surface area contributed by atoms with Crippen LogP contribution in [0, 0.1) is 5.82 Å². The standard InChI is InChI=1S/C16H17FN2O2/c1-18-10-11-4-3-5-13(8-11)19-16(20)12-6-7-14(17)15(9-12)21-2/h3-9,18H,10H2,1-2H3,(H,19,20). The summed E-state index contributed by atoms with van der Waals surface area (Å²) in [6, 6.07) is 11.5. The molecule has 0 saturated heterocycles. The van der Waals surface area contributed by atoms with Crippen LogP contribution in [0.4, 0.5) is 10.1 Å². The van der Waals surface area contributed by atoms with Crippen LogP contribution in [0.25, 0.3) is 0 Å². The molecule has 0 aliphatic heterocycles. The van der Waals surface area contributed by atoms with E-state index in [2.05, 4.69) is 10.6 Å². The van der Waals surface area contributed by atoms with Gasteiger partial charge in [-0.05, 0) is 42.9 Å². The van der Waals surface area contributed by atoms with Crippen LogP contribution in [0.3, 0.4) is 0 Å². The minimum absolute atomic E-state index is 0.0478. The molecule has 21 heavy (non-hydrogen) atoms. The summed E-state index contributed by atoms with van der Waals surface area (Å²) in [6.07, 6.45) is 0. The van der Waals surface area contributed by atoms with Crippen molar-refractivity contribution in [2.45, 2.75) is 6.54 Å². The SMILES string of the molecule is CNCc1cccc(NC(=O)c2ccc(F)c(OC)c2)c1. The molecule has 0 unspecified atom stereocenters. The van der Waals surface area contributed by atoms with Gasteiger partial charge in [-0.25, -0.2) is 4.39 Å². The molecule has 4 nitrogen and oxygen atoms in total. The van der Waals surface area contributed by atoms with Gasteiger partial charge in [0.1, 0.15) is 0 Å². The van der Waals surface area contributed by atoms with E-state index in [-0.39, 0.29) is 11.7 Å². The van der Waals surface area contributed by atoms with E-state index in [0.29, 0.717) is 17.8 Å². The van der Waals surface area contributed by atoms with Crippen LogP contribution in [-0.4, -0.2) is 20.1 Å². The van der Waals surface area contributed by atoms with Gasteiger partial charge in [0, 0.05) is 17.8 Å². The number of halogens is 1. The van der Waals surface area contributed by atoms with Crippen molar-refractivity contribution in [1.29, 1.82) is 0 Å². The highest BCUT2D eigenvalue weighted by molar-refractivity contribution is 6.04. The first-order valence-corrected chi connectivity index (χ1v) is 6.52. The zero-order valence-corrected chi connectivity index (χ0v) is 11.9. The quantitative estimate of drug-likeness (QED) is 0.889. The largest absolute Gasteiger partial charge is 0.494 e. The second kappa shape index (κ2) is 6.85. The van der Waals surface area contributed by atoms with E-state index in [9.17, 15) is 9.18 Å². The van der Waals surface area contributed by atoms with Crippen molar-refractivity contribution in [1.82, 2.24) is 5.32 Å². The summed E-state index contributed by atoms with van der Waals surface area (Å²) < 4.78 is 18.2. The Morgan fingerprint density at radius 1 is 1.24 bits per heavy atom. The number of carbonyl (C=O) groups is 1. The first-order chi connectivity index (χ1) is 10.1. The highest BCUT2D eigenvalue weighted by atomic mass is 19.1. The number of hydrogen-bond acceptors (Lipinski definition) is 3. The number of hydrogen-bond donors (Lipinski definition) is 2. The molecule has 0 aliphatic carbocycles. The van der Waals surface area contributed by atoms with E-state index in [0.717, 1.165) is 5.56 Å². The Labute approximate surface area is 122 Å². The second-order valence-electron chi connectivity index (χ2n) is 4.53. The summed E-state index contributed by atoms with van der Waals surface area (Å²) in [5.41, 5.74) is 2.09. The van der Waals surface area contributed by atoms with Crippen molar-refractivity contribution < 1.29 is 13.9 Å². The Morgan fingerprint density at radius 3 is 2.76 bits per heavy atom. The molecule has 0 aliphatic rings. The zero-order valence-electron chi connectivity index (χ0n) is 11.9. The van der Waals surface area contributed by atoms with Gasteiger partial charge in [-0.1, -0.05) is 12.1 Å². The van der Waals surface area contributed by atoms with Crippen LogP contribution in [0.5, 0.6) is 5.75 Å². The molecule has 0 fully saturated rings. The van der Waals surface area contributed by atoms with Crippen molar-refractivity contribution in [3.8, 4) is 5.75 Å². The Balaban J connectivity index is 2.16. The first kappa shape index (κ1) is 15.0. The summed E-state index contributed by atoms with van der Waals surface area (Å²) in [5, 5.41) is 5.83. The van der Waals surface area contributed by atoms with Crippen LogP contribution in [0.1, 0.15) is 15.9 Å². The number of nitrogens with one attached hydrogen (secondary N) is 2. The molecule has 0 aromatic heterocycles. The van der Waals surface area contributed by atoms with E-state index >= 15 is 0 Å². The summed E-state index contributed by atoms with van der Waals surface area (Å²) in [7, 11) is 3.22. The minimum Gasteiger partial charge on any atom is -0.494 e. The van der Waals surface area contributed by atoms with Crippen LogP contribution in [-0.2, 0) is 6.54 Å². The van der Waals surface area contributed by atoms with Gasteiger partial charge in [-0.15, -0.1) is 0 Å². The number of carbonyl (C=O) groups excluding carboxylic acids is 1. The highest BCUT2D eigenvalue weighted by Gasteiger charge is 2.10. The van der Waals surface area contributed by atoms with Crippen LogP contribution < -0.4 is 15.4 Å². The van der Waals surface area contributed by atoms with Gasteiger partial charge in [0.05, 0.1) is 7.11 Å². The van der Waals surface area contributed by atoms with E-state index in [1.807, 2.05) is 25.2 Å². The molecule has 0 saturated carbocycles. The number of ether oxygens (including phenoxy) is 1. The normalized spacial score (nSPS) is 10.2. The molecule has 0 atom stereocenters. The fraction of sp³-hybridized carbons (Fsp3) is 0.188. The van der Waals surface area contributed by atoms with Crippen molar-refractivity contribution in [2.24, 2.45) is 0 Å². The molecular weight excluding hydrogens is 271 g/mol. The summed E-state index contributed by atoms with van der Waals surface area (Å²) in [5.74, 6) is -0.758. The van der Waals surface area contributed by atoms with Gasteiger partial charge in [-0.3, -0.25) is 4.79 Å². The first-order valence-electron chi connectivity index (χ1n) is 6.52. The molecule has 110 valence electrons. The molecule has 2 rings (SSSR count). The molecule has 0 heterocycles. The van der Waals surface area contributed by atoms with Crippen LogP contribution in [0.2, 0.25) is 0 Å². The number of methoxy groups -OCH3 is 1. The Bertz CT molecular complexity index is 644. The maximum atomic E-state index is 13.3. The lowest BCUT2D eigenvalue weighted by Crippen LogP contribution is -2.13. The Morgan fingerprint density at radius 2 is 2.05 bits per heavy atom. The fourth-order valence-electron chi connectivity index (χ4n) is 1.97. The van der Waals surface area contributed by atoms with Gasteiger partial charge < -0.3 is 15.4 Å². The molecule has 0 bridgehead atoms. The third kappa shape index (κ3) is 3.79. The maximum absolute atomic E-state index is 13.3. The Kier molecular flexibility index (Phi) is 4.90. The average molecular weight is 288 g/mol. The van der Waals surface area contributed by atoms with Crippen molar-refractivity contribution in [2.75, 3.05) is 19.5 Å². The van der Waals surface area contributed by atoms with Crippen molar-refractivity contribution in [3.63, 3.8) is 0 Å². The lowest BCUT2D eigenvalue weighted by atomic mass is 10.1. The minimum atomic E-state index is -0.495. The van der Waals surface area contributed by atoms with Crippen molar-refractivity contribution >= 4 is 11.6 Å². The fourth-order valence-corrected chi connectivity index (χ4v) is 1.97. The van der Waals surface area contributed by atoms with Crippen molar-refractivity contribution in [3.05, 3.63) is 59.4 Å². The predicted octanol–water partition coefficient (Wildman–Crippen LogP) is 2.81. The maximum Gasteiger partial charge on any atom is 0.255 e. The molecular formula is C16H17FN2O2. The smallest absolute Gasteiger partial charge is 0.255 e. The van der Waals surface area contributed by atoms with E-state index in [1.165, 1.54) is 25.3 Å². The third-order valence-electron chi connectivity index (χ3n) is 2.98. The second-order valence-corrected chi connectivity index (χ2v) is 4.53. The molecule has 2 N–H and O–H groups in total. The summed E-state index contributed by atoms with van der Waals surface area (Å²) in [4.78, 5) is 12.2. The topological polar surface area (TPSA) is 50.4 Å². The number of amides is 1. The van der Waals surface area contributed by atoms with E-state index in [1.54, 1.807) is 6.07 Å². The van der Waals surface area contributed by atoms with Gasteiger partial charge >= 0.3 is 0 Å². The summed E-state index contributed by atoms with van der Waals surface area (Å²) >= 11 is 0. The number of anilines is 1. The lowest BCUT2D eigenvalue weighted by molar-refractivity contribution is 0.102. The molecule has 2 aromatic carbocycles. The van der Waals surface area contributed by atoms with Gasteiger partial charge in [-0.2, -0.15) is 0 Å². The molecule has 0 spiro atoms. The zero-order chi connectivity index (χ0) is 15.2. The van der Waals surface area contributed by atoms with Gasteiger partial charge in [0.2, 0.25) is 0 Å². The molecule has 1 amide bonds. The van der Waals surface area contributed by atoms with Gasteiger partial charge in [0.15, 0.2) is 11.6 Å². The van der Waals surface area contributed by atoms with Crippen LogP contribution in [0.15, 0.2) is 42.5 Å². The predicted molar refractivity (Wildman–Crippen MR) is 80.1 cm³/mol. The average Bonchev–Trinajstić information content (AvgIpc) is 2.48.